The molecule has 1 aromatic carbocycles. The predicted octanol–water partition coefficient (Wildman–Crippen LogP) is 5.08. The van der Waals surface area contributed by atoms with Gasteiger partial charge in [0, 0.05) is 49.1 Å². The Labute approximate surface area is 250 Å². The van der Waals surface area contributed by atoms with Crippen LogP contribution in [0.15, 0.2) is 6.07 Å². The summed E-state index contributed by atoms with van der Waals surface area (Å²) in [4.78, 5) is 16.7. The fourth-order valence-electron chi connectivity index (χ4n) is 7.79. The van der Waals surface area contributed by atoms with Crippen LogP contribution in [-0.4, -0.2) is 76.4 Å². The van der Waals surface area contributed by atoms with Crippen molar-refractivity contribution in [2.75, 3.05) is 43.4 Å². The molecule has 8 nitrogen and oxygen atoms in total. The lowest BCUT2D eigenvalue weighted by Crippen LogP contribution is -2.51. The minimum atomic E-state index is -4.97. The zero-order valence-electron chi connectivity index (χ0n) is 24.4. The van der Waals surface area contributed by atoms with Gasteiger partial charge in [0.15, 0.2) is 5.82 Å². The molecule has 3 aromatic rings. The summed E-state index contributed by atoms with van der Waals surface area (Å²) >= 11 is 0. The number of nitrogens with zero attached hydrogens (tertiary/aromatic N) is 5. The first kappa shape index (κ1) is 29.3. The van der Waals surface area contributed by atoms with Gasteiger partial charge in [0.2, 0.25) is 0 Å². The average molecular weight is 622 g/mol. The fourth-order valence-corrected chi connectivity index (χ4v) is 7.79. The van der Waals surface area contributed by atoms with E-state index in [1.165, 1.54) is 6.92 Å². The molecule has 6 heterocycles. The fraction of sp³-hybridized carbons (Fsp3) is 0.567. The van der Waals surface area contributed by atoms with Crippen LogP contribution in [-0.2, 0) is 6.18 Å². The number of aromatic nitrogens is 3. The van der Waals surface area contributed by atoms with Crippen molar-refractivity contribution in [1.29, 1.82) is 0 Å². The number of fused-ring (bicyclic) bond motifs is 4. The second-order valence-electron chi connectivity index (χ2n) is 12.6. The topological polar surface area (TPSA) is 92.4 Å². The molecule has 236 valence electrons. The lowest BCUT2D eigenvalue weighted by Gasteiger charge is -2.34. The number of rotatable bonds is 5. The number of halogens is 6. The van der Waals surface area contributed by atoms with Gasteiger partial charge in [-0.1, -0.05) is 0 Å². The molecule has 4 saturated heterocycles. The van der Waals surface area contributed by atoms with Crippen molar-refractivity contribution in [3.8, 4) is 17.1 Å². The summed E-state index contributed by atoms with van der Waals surface area (Å²) in [6, 6.07) is 1.10. The largest absolute Gasteiger partial charge is 0.461 e. The smallest absolute Gasteiger partial charge is 0.418 e. The van der Waals surface area contributed by atoms with E-state index >= 15 is 8.78 Å². The van der Waals surface area contributed by atoms with Gasteiger partial charge in [0.25, 0.3) is 0 Å². The summed E-state index contributed by atoms with van der Waals surface area (Å²) in [5.41, 5.74) is 1.40. The van der Waals surface area contributed by atoms with Gasteiger partial charge < -0.3 is 20.7 Å². The lowest BCUT2D eigenvalue weighted by molar-refractivity contribution is -0.137. The number of nitrogens with one attached hydrogen (secondary N) is 1. The Morgan fingerprint density at radius 2 is 1.80 bits per heavy atom. The van der Waals surface area contributed by atoms with Crippen molar-refractivity contribution in [2.24, 2.45) is 0 Å². The monoisotopic (exact) mass is 621 g/mol. The summed E-state index contributed by atoms with van der Waals surface area (Å²) in [6.07, 6.45) is -2.19. The molecule has 3 N–H and O–H groups in total. The van der Waals surface area contributed by atoms with Gasteiger partial charge in [-0.3, -0.25) is 4.90 Å². The first-order chi connectivity index (χ1) is 20.8. The van der Waals surface area contributed by atoms with Crippen LogP contribution in [0, 0.1) is 25.5 Å². The highest BCUT2D eigenvalue weighted by Crippen LogP contribution is 2.46. The molecule has 7 rings (SSSR count). The molecular formula is C30H33F6N7O. The number of hydrogen-bond donors (Lipinski definition) is 2. The van der Waals surface area contributed by atoms with Crippen LogP contribution in [0.2, 0.25) is 0 Å². The second-order valence-corrected chi connectivity index (χ2v) is 12.6. The maximum atomic E-state index is 16.6. The molecule has 4 aliphatic heterocycles. The van der Waals surface area contributed by atoms with Crippen molar-refractivity contribution in [2.45, 2.75) is 75.9 Å². The third kappa shape index (κ3) is 4.72. The summed E-state index contributed by atoms with van der Waals surface area (Å²) < 4.78 is 96.0. The van der Waals surface area contributed by atoms with Crippen LogP contribution in [0.4, 0.5) is 38.0 Å². The minimum absolute atomic E-state index is 0.0210. The van der Waals surface area contributed by atoms with E-state index in [2.05, 4.69) is 25.2 Å². The lowest BCUT2D eigenvalue weighted by atomic mass is 9.92. The number of aryl methyl sites for hydroxylation is 1. The number of ether oxygens (including phenoxy) is 1. The van der Waals surface area contributed by atoms with Crippen molar-refractivity contribution in [3.63, 3.8) is 0 Å². The number of nitrogens with two attached hydrogens (primary N) is 1. The van der Waals surface area contributed by atoms with Crippen molar-refractivity contribution in [1.82, 2.24) is 25.2 Å². The quantitative estimate of drug-likeness (QED) is 0.381. The van der Waals surface area contributed by atoms with E-state index in [0.29, 0.717) is 26.1 Å². The summed E-state index contributed by atoms with van der Waals surface area (Å²) in [5.74, 6) is -2.51. The van der Waals surface area contributed by atoms with Crippen LogP contribution >= 0.6 is 0 Å². The molecule has 4 aliphatic rings. The number of piperazine rings is 1. The number of alkyl halides is 4. The standard InChI is InChI=1S/C30H33F6N7O/c1-14-21(23(30(34,35)36)15(2)38-26(14)37)22-20(32)8-19-25(24(22)33)40-28(41-27(19)42-11-17-4-5-18(12-42)39-17)44-13-29-6-3-7-43(29)10-16(31)9-29/h8,16-18,39H,3-7,9-13H2,1-2H3,(H2,37,38)/t16-,17?,18?,29+/m1/s1. The van der Waals surface area contributed by atoms with Crippen LogP contribution < -0.4 is 20.7 Å². The van der Waals surface area contributed by atoms with E-state index in [1.54, 1.807) is 0 Å². The summed E-state index contributed by atoms with van der Waals surface area (Å²) in [5, 5.41) is 3.53. The van der Waals surface area contributed by atoms with E-state index in [9.17, 15) is 17.6 Å². The third-order valence-corrected chi connectivity index (χ3v) is 9.78. The molecule has 0 spiro atoms. The Hall–Kier alpha value is -3.39. The van der Waals surface area contributed by atoms with E-state index in [0.717, 1.165) is 45.2 Å². The van der Waals surface area contributed by atoms with Gasteiger partial charge in [-0.15, -0.1) is 0 Å². The van der Waals surface area contributed by atoms with Gasteiger partial charge in [-0.25, -0.2) is 18.2 Å². The number of pyridine rings is 1. The molecule has 2 bridgehead atoms. The van der Waals surface area contributed by atoms with Gasteiger partial charge >= 0.3 is 12.2 Å². The van der Waals surface area contributed by atoms with Crippen molar-refractivity contribution >= 4 is 22.5 Å². The normalized spacial score (nSPS) is 27.0. The molecule has 0 radical (unpaired) electrons. The van der Waals surface area contributed by atoms with E-state index < -0.39 is 51.9 Å². The Bertz CT molecular complexity index is 1640. The molecule has 2 aromatic heterocycles. The highest BCUT2D eigenvalue weighted by atomic mass is 19.4. The number of anilines is 2. The zero-order valence-corrected chi connectivity index (χ0v) is 24.4. The van der Waals surface area contributed by atoms with E-state index in [1.807, 2.05) is 4.90 Å². The molecule has 2 unspecified atom stereocenters. The highest BCUT2D eigenvalue weighted by molar-refractivity contribution is 5.95. The first-order valence-corrected chi connectivity index (χ1v) is 14.9. The third-order valence-electron chi connectivity index (χ3n) is 9.78. The van der Waals surface area contributed by atoms with Crippen molar-refractivity contribution in [3.05, 3.63) is 34.5 Å². The van der Waals surface area contributed by atoms with E-state index in [-0.39, 0.29) is 52.8 Å². The highest BCUT2D eigenvalue weighted by Gasteiger charge is 2.49. The Balaban J connectivity index is 1.40. The second kappa shape index (κ2) is 10.3. The molecule has 4 atom stereocenters. The molecule has 4 fully saturated rings. The minimum Gasteiger partial charge on any atom is -0.461 e. The van der Waals surface area contributed by atoms with Gasteiger partial charge in [-0.2, -0.15) is 23.1 Å². The van der Waals surface area contributed by atoms with Gasteiger partial charge in [-0.05, 0) is 57.7 Å². The Morgan fingerprint density at radius 1 is 1.07 bits per heavy atom. The van der Waals surface area contributed by atoms with Gasteiger partial charge in [0.05, 0.1) is 22.4 Å². The summed E-state index contributed by atoms with van der Waals surface area (Å²) in [6.45, 7) is 4.50. The van der Waals surface area contributed by atoms with Gasteiger partial charge in [0.1, 0.15) is 35.7 Å². The molecule has 0 amide bonds. The number of benzene rings is 1. The predicted molar refractivity (Wildman–Crippen MR) is 152 cm³/mol. The molecule has 14 heteroatoms. The maximum absolute atomic E-state index is 16.6. The van der Waals surface area contributed by atoms with Crippen molar-refractivity contribution < 1.29 is 31.1 Å². The zero-order chi connectivity index (χ0) is 31.1. The van der Waals surface area contributed by atoms with E-state index in [4.69, 9.17) is 10.5 Å². The van der Waals surface area contributed by atoms with Crippen LogP contribution in [0.3, 0.4) is 0 Å². The number of hydrogen-bond acceptors (Lipinski definition) is 8. The van der Waals surface area contributed by atoms with Crippen LogP contribution in [0.25, 0.3) is 22.0 Å². The summed E-state index contributed by atoms with van der Waals surface area (Å²) in [7, 11) is 0. The Kier molecular flexibility index (Phi) is 6.88. The molecular weight excluding hydrogens is 588 g/mol. The van der Waals surface area contributed by atoms with Crippen LogP contribution in [0.5, 0.6) is 6.01 Å². The molecule has 44 heavy (non-hydrogen) atoms. The average Bonchev–Trinajstić information content (AvgIpc) is 3.59. The number of nitrogen functional groups attached to an aromatic ring is 1. The van der Waals surface area contributed by atoms with Crippen LogP contribution in [0.1, 0.15) is 48.9 Å². The Morgan fingerprint density at radius 3 is 2.50 bits per heavy atom. The SMILES string of the molecule is Cc1nc(N)c(C)c(-c2c(F)cc3c(N4CC5CCC(C4)N5)nc(OC[C@@]45CCCN4C[C@H](F)C5)nc3c2F)c1C(F)(F)F. The maximum Gasteiger partial charge on any atom is 0.418 e. The molecule has 0 aliphatic carbocycles. The molecule has 0 saturated carbocycles. The first-order valence-electron chi connectivity index (χ1n) is 14.9.